The van der Waals surface area contributed by atoms with E-state index >= 15 is 0 Å². The molecule has 3 aromatic rings. The molecule has 0 bridgehead atoms. The largest absolute Gasteiger partial charge is 0.378 e. The number of nitrogens with zero attached hydrogens (tertiary/aromatic N) is 3. The van der Waals surface area contributed by atoms with Gasteiger partial charge in [-0.1, -0.05) is 23.7 Å². The highest BCUT2D eigenvalue weighted by molar-refractivity contribution is 6.35. The van der Waals surface area contributed by atoms with Gasteiger partial charge in [0.25, 0.3) is 0 Å². The SMILES string of the molecule is CN(C)c1cccc(-n2c(CCl)nc3cccc(Cl)c32)c1. The molecule has 108 valence electrons. The van der Waals surface area contributed by atoms with Gasteiger partial charge in [-0.05, 0) is 30.3 Å². The lowest BCUT2D eigenvalue weighted by Crippen LogP contribution is -2.09. The van der Waals surface area contributed by atoms with Crippen molar-refractivity contribution in [2.75, 3.05) is 19.0 Å². The molecule has 0 amide bonds. The Labute approximate surface area is 133 Å². The number of hydrogen-bond donors (Lipinski definition) is 0. The molecule has 0 N–H and O–H groups in total. The predicted molar refractivity (Wildman–Crippen MR) is 90.0 cm³/mol. The highest BCUT2D eigenvalue weighted by Gasteiger charge is 2.14. The Morgan fingerprint density at radius 2 is 1.90 bits per heavy atom. The number of imidazole rings is 1. The molecule has 3 nitrogen and oxygen atoms in total. The first-order valence-electron chi connectivity index (χ1n) is 6.61. The van der Waals surface area contributed by atoms with E-state index in [9.17, 15) is 0 Å². The number of para-hydroxylation sites is 1. The molecule has 0 radical (unpaired) electrons. The summed E-state index contributed by atoms with van der Waals surface area (Å²) in [6.07, 6.45) is 0. The number of anilines is 1. The lowest BCUT2D eigenvalue weighted by atomic mass is 10.2. The normalized spacial score (nSPS) is 11.0. The number of halogens is 2. The zero-order valence-electron chi connectivity index (χ0n) is 11.8. The summed E-state index contributed by atoms with van der Waals surface area (Å²) < 4.78 is 2.03. The zero-order valence-corrected chi connectivity index (χ0v) is 13.4. The van der Waals surface area contributed by atoms with Gasteiger partial charge in [-0.15, -0.1) is 11.6 Å². The Bertz CT molecular complexity index is 793. The maximum atomic E-state index is 6.37. The van der Waals surface area contributed by atoms with Gasteiger partial charge in [-0.2, -0.15) is 0 Å². The smallest absolute Gasteiger partial charge is 0.129 e. The molecule has 5 heteroatoms. The van der Waals surface area contributed by atoms with Crippen molar-refractivity contribution in [2.45, 2.75) is 5.88 Å². The predicted octanol–water partition coefficient (Wildman–Crippen LogP) is 4.48. The number of rotatable bonds is 3. The third-order valence-electron chi connectivity index (χ3n) is 3.42. The quantitative estimate of drug-likeness (QED) is 0.663. The minimum Gasteiger partial charge on any atom is -0.378 e. The molecule has 1 heterocycles. The summed E-state index contributed by atoms with van der Waals surface area (Å²) in [5.41, 5.74) is 3.87. The summed E-state index contributed by atoms with van der Waals surface area (Å²) in [5.74, 6) is 1.12. The Kier molecular flexibility index (Phi) is 3.79. The van der Waals surface area contributed by atoms with Crippen LogP contribution in [0.15, 0.2) is 42.5 Å². The van der Waals surface area contributed by atoms with Crippen LogP contribution >= 0.6 is 23.2 Å². The lowest BCUT2D eigenvalue weighted by Gasteiger charge is -2.15. The average molecular weight is 320 g/mol. The Morgan fingerprint density at radius 3 is 2.62 bits per heavy atom. The van der Waals surface area contributed by atoms with E-state index in [2.05, 4.69) is 22.0 Å². The van der Waals surface area contributed by atoms with E-state index in [1.54, 1.807) is 0 Å². The number of alkyl halides is 1. The van der Waals surface area contributed by atoms with Gasteiger partial charge in [0.2, 0.25) is 0 Å². The molecule has 0 saturated heterocycles. The number of benzene rings is 2. The van der Waals surface area contributed by atoms with Crippen molar-refractivity contribution >= 4 is 39.9 Å². The van der Waals surface area contributed by atoms with Crippen LogP contribution in [0.4, 0.5) is 5.69 Å². The molecule has 0 saturated carbocycles. The van der Waals surface area contributed by atoms with Crippen LogP contribution in [0.25, 0.3) is 16.7 Å². The summed E-state index contributed by atoms with van der Waals surface area (Å²) in [4.78, 5) is 6.64. The number of aromatic nitrogens is 2. The minimum atomic E-state index is 0.331. The van der Waals surface area contributed by atoms with E-state index < -0.39 is 0 Å². The van der Waals surface area contributed by atoms with Crippen LogP contribution < -0.4 is 4.90 Å². The van der Waals surface area contributed by atoms with Crippen LogP contribution in [0.3, 0.4) is 0 Å². The first-order chi connectivity index (χ1) is 10.1. The summed E-state index contributed by atoms with van der Waals surface area (Å²) in [7, 11) is 4.03. The van der Waals surface area contributed by atoms with Gasteiger partial charge in [-0.25, -0.2) is 4.98 Å². The van der Waals surface area contributed by atoms with Crippen molar-refractivity contribution in [1.29, 1.82) is 0 Å². The van der Waals surface area contributed by atoms with Crippen molar-refractivity contribution in [3.05, 3.63) is 53.3 Å². The van der Waals surface area contributed by atoms with Gasteiger partial charge >= 0.3 is 0 Å². The molecule has 0 aliphatic carbocycles. The Morgan fingerprint density at radius 1 is 1.14 bits per heavy atom. The van der Waals surface area contributed by atoms with E-state index in [1.165, 1.54) is 0 Å². The highest BCUT2D eigenvalue weighted by atomic mass is 35.5. The van der Waals surface area contributed by atoms with E-state index in [-0.39, 0.29) is 0 Å². The van der Waals surface area contributed by atoms with Crippen LogP contribution in [0, 0.1) is 0 Å². The molecule has 3 rings (SSSR count). The summed E-state index contributed by atoms with van der Waals surface area (Å²) in [6.45, 7) is 0. The first-order valence-corrected chi connectivity index (χ1v) is 7.52. The number of fused-ring (bicyclic) bond motifs is 1. The zero-order chi connectivity index (χ0) is 15.0. The van der Waals surface area contributed by atoms with Crippen LogP contribution in [0.2, 0.25) is 5.02 Å². The van der Waals surface area contributed by atoms with Crippen molar-refractivity contribution in [1.82, 2.24) is 9.55 Å². The second kappa shape index (κ2) is 5.58. The third kappa shape index (κ3) is 2.47. The molecule has 0 fully saturated rings. The van der Waals surface area contributed by atoms with Gasteiger partial charge in [0.05, 0.1) is 21.9 Å². The Balaban J connectivity index is 2.31. The van der Waals surface area contributed by atoms with Crippen molar-refractivity contribution in [2.24, 2.45) is 0 Å². The molecule has 0 unspecified atom stereocenters. The third-order valence-corrected chi connectivity index (χ3v) is 3.96. The molecule has 0 aliphatic heterocycles. The first kappa shape index (κ1) is 14.2. The second-order valence-corrected chi connectivity index (χ2v) is 5.69. The fourth-order valence-corrected chi connectivity index (χ4v) is 2.85. The maximum Gasteiger partial charge on any atom is 0.129 e. The van der Waals surface area contributed by atoms with Crippen LogP contribution in [-0.2, 0) is 5.88 Å². The van der Waals surface area contributed by atoms with Gasteiger partial charge in [0, 0.05) is 25.5 Å². The molecular weight excluding hydrogens is 305 g/mol. The van der Waals surface area contributed by atoms with Gasteiger partial charge < -0.3 is 4.90 Å². The molecule has 2 aromatic carbocycles. The molecule has 0 atom stereocenters. The average Bonchev–Trinajstić information content (AvgIpc) is 2.87. The molecule has 0 aliphatic rings. The number of hydrogen-bond acceptors (Lipinski definition) is 2. The summed E-state index contributed by atoms with van der Waals surface area (Å²) >= 11 is 12.4. The molecular formula is C16H15Cl2N3. The fourth-order valence-electron chi connectivity index (χ4n) is 2.41. The molecule has 0 spiro atoms. The standard InChI is InChI=1S/C16H15Cl2N3/c1-20(2)11-5-3-6-12(9-11)21-15(10-17)19-14-8-4-7-13(18)16(14)21/h3-9H,10H2,1-2H3. The summed E-state index contributed by atoms with van der Waals surface area (Å²) in [5, 5.41) is 0.673. The van der Waals surface area contributed by atoms with Crippen molar-refractivity contribution in [3.63, 3.8) is 0 Å². The van der Waals surface area contributed by atoms with E-state index in [0.717, 1.165) is 28.2 Å². The fraction of sp³-hybridized carbons (Fsp3) is 0.188. The molecule has 1 aromatic heterocycles. The molecule has 21 heavy (non-hydrogen) atoms. The lowest BCUT2D eigenvalue weighted by molar-refractivity contribution is 0.979. The van der Waals surface area contributed by atoms with Crippen molar-refractivity contribution < 1.29 is 0 Å². The van der Waals surface area contributed by atoms with Crippen LogP contribution in [0.1, 0.15) is 5.82 Å². The monoisotopic (exact) mass is 319 g/mol. The van der Waals surface area contributed by atoms with E-state index in [0.29, 0.717) is 10.9 Å². The van der Waals surface area contributed by atoms with Crippen LogP contribution in [0.5, 0.6) is 0 Å². The highest BCUT2D eigenvalue weighted by Crippen LogP contribution is 2.29. The van der Waals surface area contributed by atoms with E-state index in [1.807, 2.05) is 49.0 Å². The van der Waals surface area contributed by atoms with Gasteiger partial charge in [-0.3, -0.25) is 4.57 Å². The second-order valence-electron chi connectivity index (χ2n) is 5.02. The van der Waals surface area contributed by atoms with Crippen LogP contribution in [-0.4, -0.2) is 23.6 Å². The topological polar surface area (TPSA) is 21.1 Å². The maximum absolute atomic E-state index is 6.37. The summed E-state index contributed by atoms with van der Waals surface area (Å²) in [6, 6.07) is 13.9. The van der Waals surface area contributed by atoms with Gasteiger partial charge in [0.15, 0.2) is 0 Å². The van der Waals surface area contributed by atoms with E-state index in [4.69, 9.17) is 23.2 Å². The Hall–Kier alpha value is -1.71. The van der Waals surface area contributed by atoms with Crippen molar-refractivity contribution in [3.8, 4) is 5.69 Å². The van der Waals surface area contributed by atoms with Gasteiger partial charge in [0.1, 0.15) is 5.82 Å². The minimum absolute atomic E-state index is 0.331.